The Morgan fingerprint density at radius 2 is 1.90 bits per heavy atom. The Morgan fingerprint density at radius 3 is 2.62 bits per heavy atom. The molecule has 1 amide bonds. The summed E-state index contributed by atoms with van der Waals surface area (Å²) in [7, 11) is 0. The van der Waals surface area contributed by atoms with Crippen molar-refractivity contribution in [3.63, 3.8) is 0 Å². The molecule has 1 aromatic carbocycles. The number of benzene rings is 1. The number of nitrogens with one attached hydrogen (secondary N) is 2. The van der Waals surface area contributed by atoms with Gasteiger partial charge < -0.3 is 10.3 Å². The lowest BCUT2D eigenvalue weighted by atomic mass is 10.1. The third kappa shape index (κ3) is 3.18. The van der Waals surface area contributed by atoms with E-state index in [2.05, 4.69) is 15.3 Å². The number of hydrogen-bond acceptors (Lipinski definition) is 3. The molecule has 1 aromatic heterocycles. The lowest BCUT2D eigenvalue weighted by Gasteiger charge is -2.12. The van der Waals surface area contributed by atoms with Gasteiger partial charge in [0, 0.05) is 11.6 Å². The molecule has 3 rings (SSSR count). The van der Waals surface area contributed by atoms with Crippen LogP contribution in [-0.2, 0) is 0 Å². The fourth-order valence-electron chi connectivity index (χ4n) is 2.67. The molecule has 1 saturated carbocycles. The molecule has 21 heavy (non-hydrogen) atoms. The summed E-state index contributed by atoms with van der Waals surface area (Å²) in [6.07, 6.45) is 4.30. The van der Waals surface area contributed by atoms with E-state index >= 15 is 0 Å². The summed E-state index contributed by atoms with van der Waals surface area (Å²) in [6, 6.07) is 11.2. The van der Waals surface area contributed by atoms with Gasteiger partial charge in [-0.05, 0) is 18.9 Å². The van der Waals surface area contributed by atoms with Gasteiger partial charge in [-0.3, -0.25) is 4.79 Å². The van der Waals surface area contributed by atoms with Crippen LogP contribution in [0.4, 0.5) is 0 Å². The minimum atomic E-state index is -0.507. The summed E-state index contributed by atoms with van der Waals surface area (Å²) in [5, 5.41) is 2.96. The van der Waals surface area contributed by atoms with E-state index in [-0.39, 0.29) is 17.6 Å². The predicted octanol–water partition coefficient (Wildman–Crippen LogP) is 2.11. The molecular formula is C16H17N3O2. The molecule has 2 aromatic rings. The van der Waals surface area contributed by atoms with Gasteiger partial charge in [-0.1, -0.05) is 43.2 Å². The lowest BCUT2D eigenvalue weighted by molar-refractivity contribution is 0.0932. The van der Waals surface area contributed by atoms with Crippen LogP contribution in [0.3, 0.4) is 0 Å². The normalized spacial score (nSPS) is 15.0. The third-order valence-corrected chi connectivity index (χ3v) is 3.75. The largest absolute Gasteiger partial charge is 0.348 e. The van der Waals surface area contributed by atoms with E-state index in [1.165, 1.54) is 0 Å². The maximum atomic E-state index is 12.2. The van der Waals surface area contributed by atoms with Gasteiger partial charge in [0.1, 0.15) is 5.69 Å². The minimum Gasteiger partial charge on any atom is -0.348 e. The Hall–Kier alpha value is -2.43. The fourth-order valence-corrected chi connectivity index (χ4v) is 2.67. The number of rotatable bonds is 3. The summed E-state index contributed by atoms with van der Waals surface area (Å²) < 4.78 is 0. The Bertz CT molecular complexity index is 688. The topological polar surface area (TPSA) is 74.8 Å². The SMILES string of the molecule is O=C(NC1CCCC1)c1cc(-c2ccccc2)nc(=O)[nH]1. The van der Waals surface area contributed by atoms with Crippen molar-refractivity contribution in [2.75, 3.05) is 0 Å². The molecule has 0 unspecified atom stereocenters. The van der Waals surface area contributed by atoms with Crippen molar-refractivity contribution < 1.29 is 4.79 Å². The standard InChI is InChI=1S/C16H17N3O2/c20-15(17-12-8-4-5-9-12)14-10-13(18-16(21)19-14)11-6-2-1-3-7-11/h1-3,6-7,10,12H,4-5,8-9H2,(H,17,20)(H,18,19,21). The van der Waals surface area contributed by atoms with Crippen molar-refractivity contribution in [3.8, 4) is 11.3 Å². The lowest BCUT2D eigenvalue weighted by Crippen LogP contribution is -2.34. The van der Waals surface area contributed by atoms with E-state index in [0.29, 0.717) is 5.69 Å². The Balaban J connectivity index is 1.87. The number of amides is 1. The van der Waals surface area contributed by atoms with E-state index in [4.69, 9.17) is 0 Å². The predicted molar refractivity (Wildman–Crippen MR) is 80.0 cm³/mol. The number of aromatic amines is 1. The third-order valence-electron chi connectivity index (χ3n) is 3.75. The van der Waals surface area contributed by atoms with Crippen LogP contribution < -0.4 is 11.0 Å². The number of nitrogens with zero attached hydrogens (tertiary/aromatic N) is 1. The van der Waals surface area contributed by atoms with Crippen LogP contribution in [0.5, 0.6) is 0 Å². The first-order valence-electron chi connectivity index (χ1n) is 7.20. The molecule has 0 aliphatic heterocycles. The number of carbonyl (C=O) groups is 1. The van der Waals surface area contributed by atoms with Crippen molar-refractivity contribution in [1.29, 1.82) is 0 Å². The molecule has 1 aliphatic rings. The second-order valence-corrected chi connectivity index (χ2v) is 5.31. The highest BCUT2D eigenvalue weighted by molar-refractivity contribution is 5.93. The molecule has 1 heterocycles. The first kappa shape index (κ1) is 13.5. The second kappa shape index (κ2) is 5.91. The molecule has 1 fully saturated rings. The quantitative estimate of drug-likeness (QED) is 0.906. The highest BCUT2D eigenvalue weighted by atomic mass is 16.2. The molecule has 0 spiro atoms. The number of hydrogen-bond donors (Lipinski definition) is 2. The number of H-pyrrole nitrogens is 1. The van der Waals surface area contributed by atoms with E-state index < -0.39 is 5.69 Å². The van der Waals surface area contributed by atoms with Crippen LogP contribution in [0.1, 0.15) is 36.2 Å². The van der Waals surface area contributed by atoms with Gasteiger partial charge in [-0.2, -0.15) is 4.98 Å². The van der Waals surface area contributed by atoms with Gasteiger partial charge in [0.2, 0.25) is 0 Å². The van der Waals surface area contributed by atoms with Gasteiger partial charge >= 0.3 is 5.69 Å². The zero-order valence-corrected chi connectivity index (χ0v) is 11.6. The number of aromatic nitrogens is 2. The monoisotopic (exact) mass is 283 g/mol. The van der Waals surface area contributed by atoms with Crippen molar-refractivity contribution in [2.45, 2.75) is 31.7 Å². The van der Waals surface area contributed by atoms with Crippen molar-refractivity contribution in [1.82, 2.24) is 15.3 Å². The van der Waals surface area contributed by atoms with E-state index in [0.717, 1.165) is 31.2 Å². The summed E-state index contributed by atoms with van der Waals surface area (Å²) in [6.45, 7) is 0. The highest BCUT2D eigenvalue weighted by Crippen LogP contribution is 2.19. The summed E-state index contributed by atoms with van der Waals surface area (Å²) >= 11 is 0. The van der Waals surface area contributed by atoms with Crippen LogP contribution in [0.15, 0.2) is 41.2 Å². The number of carbonyl (C=O) groups excluding carboxylic acids is 1. The molecule has 0 radical (unpaired) electrons. The van der Waals surface area contributed by atoms with Gasteiger partial charge in [0.25, 0.3) is 5.91 Å². The zero-order chi connectivity index (χ0) is 14.7. The van der Waals surface area contributed by atoms with Crippen molar-refractivity contribution >= 4 is 5.91 Å². The summed E-state index contributed by atoms with van der Waals surface area (Å²) in [5.41, 5.74) is 1.09. The van der Waals surface area contributed by atoms with Gasteiger partial charge in [0.05, 0.1) is 5.69 Å². The molecule has 0 saturated heterocycles. The molecule has 5 heteroatoms. The molecular weight excluding hydrogens is 266 g/mol. The molecule has 0 bridgehead atoms. The average Bonchev–Trinajstić information content (AvgIpc) is 3.00. The maximum Gasteiger partial charge on any atom is 0.346 e. The summed E-state index contributed by atoms with van der Waals surface area (Å²) in [5.74, 6) is -0.237. The Labute approximate surface area is 122 Å². The van der Waals surface area contributed by atoms with Crippen LogP contribution in [0, 0.1) is 0 Å². The molecule has 5 nitrogen and oxygen atoms in total. The van der Waals surface area contributed by atoms with Crippen LogP contribution >= 0.6 is 0 Å². The van der Waals surface area contributed by atoms with E-state index in [1.807, 2.05) is 30.3 Å². The van der Waals surface area contributed by atoms with Crippen LogP contribution in [-0.4, -0.2) is 21.9 Å². The summed E-state index contributed by atoms with van der Waals surface area (Å²) in [4.78, 5) is 30.3. The zero-order valence-electron chi connectivity index (χ0n) is 11.6. The van der Waals surface area contributed by atoms with E-state index in [1.54, 1.807) is 6.07 Å². The smallest absolute Gasteiger partial charge is 0.346 e. The highest BCUT2D eigenvalue weighted by Gasteiger charge is 2.19. The second-order valence-electron chi connectivity index (χ2n) is 5.31. The van der Waals surface area contributed by atoms with Crippen LogP contribution in [0.25, 0.3) is 11.3 Å². The first-order chi connectivity index (χ1) is 10.2. The molecule has 1 aliphatic carbocycles. The maximum absolute atomic E-state index is 12.2. The van der Waals surface area contributed by atoms with E-state index in [9.17, 15) is 9.59 Å². The average molecular weight is 283 g/mol. The van der Waals surface area contributed by atoms with Gasteiger partial charge in [0.15, 0.2) is 0 Å². The van der Waals surface area contributed by atoms with Gasteiger partial charge in [-0.15, -0.1) is 0 Å². The molecule has 108 valence electrons. The van der Waals surface area contributed by atoms with Crippen LogP contribution in [0.2, 0.25) is 0 Å². The Morgan fingerprint density at radius 1 is 1.19 bits per heavy atom. The van der Waals surface area contributed by atoms with Crippen molar-refractivity contribution in [2.24, 2.45) is 0 Å². The Kier molecular flexibility index (Phi) is 3.81. The first-order valence-corrected chi connectivity index (χ1v) is 7.20. The van der Waals surface area contributed by atoms with Gasteiger partial charge in [-0.25, -0.2) is 4.79 Å². The fraction of sp³-hybridized carbons (Fsp3) is 0.312. The molecule has 2 N–H and O–H groups in total. The van der Waals surface area contributed by atoms with Crippen molar-refractivity contribution in [3.05, 3.63) is 52.6 Å². The molecule has 0 atom stereocenters. The minimum absolute atomic E-state index is 0.217.